The van der Waals surface area contributed by atoms with Gasteiger partial charge in [-0.2, -0.15) is 8.42 Å². The second-order valence-electron chi connectivity index (χ2n) is 7.43. The minimum absolute atomic E-state index is 0.182. The van der Waals surface area contributed by atoms with Gasteiger partial charge in [0.2, 0.25) is 5.91 Å². The molecule has 1 fully saturated rings. The van der Waals surface area contributed by atoms with Gasteiger partial charge < -0.3 is 10.2 Å². The number of amidine groups is 1. The van der Waals surface area contributed by atoms with E-state index in [-0.39, 0.29) is 10.8 Å². The molecule has 3 heterocycles. The average Bonchev–Trinajstić information content (AvgIpc) is 3.46. The number of nitrogens with one attached hydrogen (secondary N) is 1. The zero-order valence-corrected chi connectivity index (χ0v) is 17.5. The molecule has 2 aliphatic heterocycles. The fourth-order valence-electron chi connectivity index (χ4n) is 4.02. The van der Waals surface area contributed by atoms with Crippen molar-refractivity contribution in [2.45, 2.75) is 23.8 Å². The van der Waals surface area contributed by atoms with Gasteiger partial charge in [-0.3, -0.25) is 4.79 Å². The molecule has 5 rings (SSSR count). The second kappa shape index (κ2) is 7.27. The van der Waals surface area contributed by atoms with E-state index in [4.69, 9.17) is 0 Å². The van der Waals surface area contributed by atoms with Crippen LogP contribution >= 0.6 is 0 Å². The van der Waals surface area contributed by atoms with E-state index < -0.39 is 16.1 Å². The van der Waals surface area contributed by atoms with Gasteiger partial charge in [0.15, 0.2) is 11.7 Å². The van der Waals surface area contributed by atoms with E-state index in [0.29, 0.717) is 35.9 Å². The Balaban J connectivity index is 1.40. The lowest BCUT2D eigenvalue weighted by atomic mass is 10.1. The van der Waals surface area contributed by atoms with Crippen molar-refractivity contribution in [3.63, 3.8) is 0 Å². The van der Waals surface area contributed by atoms with Crippen molar-refractivity contribution in [3.05, 3.63) is 54.1 Å². The number of benzene rings is 2. The Labute approximate surface area is 178 Å². The largest absolute Gasteiger partial charge is 0.343 e. The van der Waals surface area contributed by atoms with Crippen molar-refractivity contribution in [2.24, 2.45) is 11.4 Å². The van der Waals surface area contributed by atoms with Crippen molar-refractivity contribution in [2.75, 3.05) is 11.9 Å². The maximum absolute atomic E-state index is 13.1. The van der Waals surface area contributed by atoms with Crippen LogP contribution in [0.4, 0.5) is 5.69 Å². The Morgan fingerprint density at radius 3 is 2.81 bits per heavy atom. The lowest BCUT2D eigenvalue weighted by molar-refractivity contribution is -0.119. The number of carbonyl (C=O) groups excluding carboxylic acids is 1. The van der Waals surface area contributed by atoms with E-state index in [2.05, 4.69) is 25.2 Å². The molecule has 1 N–H and O–H groups in total. The van der Waals surface area contributed by atoms with Crippen molar-refractivity contribution in [3.8, 4) is 11.4 Å². The van der Waals surface area contributed by atoms with Gasteiger partial charge in [0.05, 0.1) is 0 Å². The molecule has 0 radical (unpaired) electrons. The highest BCUT2D eigenvalue weighted by Gasteiger charge is 2.39. The van der Waals surface area contributed by atoms with E-state index in [9.17, 15) is 13.2 Å². The monoisotopic (exact) mass is 437 g/mol. The summed E-state index contributed by atoms with van der Waals surface area (Å²) in [7, 11) is -2.00. The summed E-state index contributed by atoms with van der Waals surface area (Å²) in [4.78, 5) is 15.1. The van der Waals surface area contributed by atoms with Gasteiger partial charge >= 0.3 is 0 Å². The lowest BCUT2D eigenvalue weighted by Gasteiger charge is -2.25. The van der Waals surface area contributed by atoms with Crippen LogP contribution in [0.3, 0.4) is 0 Å². The number of likely N-dealkylation sites (tertiary alicyclic amines) is 1. The Hall–Kier alpha value is -3.60. The van der Waals surface area contributed by atoms with Crippen LogP contribution in [-0.4, -0.2) is 57.9 Å². The van der Waals surface area contributed by atoms with Gasteiger partial charge in [0.1, 0.15) is 10.9 Å². The minimum atomic E-state index is -3.74. The van der Waals surface area contributed by atoms with Gasteiger partial charge in [0, 0.05) is 30.4 Å². The summed E-state index contributed by atoms with van der Waals surface area (Å²) in [6, 6.07) is 13.5. The van der Waals surface area contributed by atoms with Crippen LogP contribution in [0.1, 0.15) is 18.4 Å². The standard InChI is InChI=1S/C20H19N7O3S/c1-26-18(22-24-25-26)13-6-4-7-14(12-13)21-20(28)16-9-5-11-27(16)19-15-8-2-3-10-17(15)31(29,30)23-19/h2-4,6-8,10,12,16H,5,9,11H2,1H3,(H,21,28)/t16-/m0/s1. The summed E-state index contributed by atoms with van der Waals surface area (Å²) in [5.74, 6) is 0.711. The molecule has 2 aliphatic rings. The van der Waals surface area contributed by atoms with E-state index in [1.54, 1.807) is 53.0 Å². The number of carbonyl (C=O) groups is 1. The molecule has 1 amide bonds. The van der Waals surface area contributed by atoms with Crippen LogP contribution in [-0.2, 0) is 21.9 Å². The maximum atomic E-state index is 13.1. The minimum Gasteiger partial charge on any atom is -0.343 e. The number of fused-ring (bicyclic) bond motifs is 1. The van der Waals surface area contributed by atoms with E-state index in [1.807, 2.05) is 12.1 Å². The zero-order chi connectivity index (χ0) is 21.6. The first-order chi connectivity index (χ1) is 14.9. The molecule has 158 valence electrons. The van der Waals surface area contributed by atoms with Crippen molar-refractivity contribution in [1.82, 2.24) is 25.1 Å². The number of hydrogen-bond donors (Lipinski definition) is 1. The van der Waals surface area contributed by atoms with Gasteiger partial charge in [-0.1, -0.05) is 24.3 Å². The number of sulfonamides is 1. The molecule has 0 spiro atoms. The smallest absolute Gasteiger partial charge is 0.285 e. The van der Waals surface area contributed by atoms with Crippen LogP contribution in [0.5, 0.6) is 0 Å². The highest BCUT2D eigenvalue weighted by molar-refractivity contribution is 7.90. The number of anilines is 1. The van der Waals surface area contributed by atoms with Crippen LogP contribution in [0, 0.1) is 0 Å². The summed E-state index contributed by atoms with van der Waals surface area (Å²) in [6.07, 6.45) is 1.38. The molecule has 0 unspecified atom stereocenters. The average molecular weight is 437 g/mol. The summed E-state index contributed by atoms with van der Waals surface area (Å²) >= 11 is 0. The Bertz CT molecular complexity index is 1320. The number of aryl methyl sites for hydroxylation is 1. The predicted octanol–water partition coefficient (Wildman–Crippen LogP) is 1.43. The highest BCUT2D eigenvalue weighted by atomic mass is 32.2. The molecule has 0 saturated carbocycles. The number of nitrogens with zero attached hydrogens (tertiary/aromatic N) is 6. The predicted molar refractivity (Wildman–Crippen MR) is 113 cm³/mol. The second-order valence-corrected chi connectivity index (χ2v) is 9.01. The van der Waals surface area contributed by atoms with Crippen molar-refractivity contribution < 1.29 is 13.2 Å². The number of hydrogen-bond acceptors (Lipinski definition) is 7. The van der Waals surface area contributed by atoms with Gasteiger partial charge in [-0.25, -0.2) is 4.68 Å². The van der Waals surface area contributed by atoms with Crippen LogP contribution in [0.25, 0.3) is 11.4 Å². The normalized spacial score (nSPS) is 19.2. The number of rotatable bonds is 3. The SMILES string of the molecule is Cn1nnnc1-c1cccc(NC(=O)[C@@H]2CCCN2C2=NS(=O)(=O)c3ccccc32)c1. The Morgan fingerprint density at radius 2 is 2.00 bits per heavy atom. The van der Waals surface area contributed by atoms with Crippen LogP contribution < -0.4 is 5.32 Å². The number of aromatic nitrogens is 4. The Morgan fingerprint density at radius 1 is 1.16 bits per heavy atom. The van der Waals surface area contributed by atoms with E-state index in [0.717, 1.165) is 12.0 Å². The molecule has 1 atom stereocenters. The summed E-state index contributed by atoms with van der Waals surface area (Å²) in [6.45, 7) is 0.561. The first-order valence-corrected chi connectivity index (χ1v) is 11.2. The fraction of sp³-hybridized carbons (Fsp3) is 0.250. The van der Waals surface area contributed by atoms with Crippen LogP contribution in [0.2, 0.25) is 0 Å². The molecule has 0 bridgehead atoms. The first-order valence-electron chi connectivity index (χ1n) is 9.79. The van der Waals surface area contributed by atoms with Crippen molar-refractivity contribution in [1.29, 1.82) is 0 Å². The molecule has 11 heteroatoms. The molecular weight excluding hydrogens is 418 g/mol. The topological polar surface area (TPSA) is 122 Å². The maximum Gasteiger partial charge on any atom is 0.285 e. The van der Waals surface area contributed by atoms with E-state index in [1.165, 1.54) is 0 Å². The molecule has 1 aromatic heterocycles. The molecule has 10 nitrogen and oxygen atoms in total. The fourth-order valence-corrected chi connectivity index (χ4v) is 5.24. The molecule has 2 aromatic carbocycles. The number of tetrazole rings is 1. The first kappa shape index (κ1) is 19.4. The van der Waals surface area contributed by atoms with Crippen LogP contribution in [0.15, 0.2) is 57.8 Å². The lowest BCUT2D eigenvalue weighted by Crippen LogP contribution is -2.43. The quantitative estimate of drug-likeness (QED) is 0.658. The van der Waals surface area contributed by atoms with Crippen molar-refractivity contribution >= 4 is 27.5 Å². The zero-order valence-electron chi connectivity index (χ0n) is 16.6. The Kier molecular flexibility index (Phi) is 4.54. The molecule has 3 aromatic rings. The third-order valence-electron chi connectivity index (χ3n) is 5.45. The molecule has 0 aliphatic carbocycles. The summed E-state index contributed by atoms with van der Waals surface area (Å²) in [5, 5.41) is 14.4. The summed E-state index contributed by atoms with van der Waals surface area (Å²) < 4.78 is 30.4. The van der Waals surface area contributed by atoms with Gasteiger partial charge in [-0.05, 0) is 47.5 Å². The number of amides is 1. The van der Waals surface area contributed by atoms with Gasteiger partial charge in [-0.15, -0.1) is 9.50 Å². The van der Waals surface area contributed by atoms with E-state index >= 15 is 0 Å². The molecule has 1 saturated heterocycles. The highest BCUT2D eigenvalue weighted by Crippen LogP contribution is 2.31. The molecular formula is C20H19N7O3S. The third kappa shape index (κ3) is 3.36. The summed E-state index contributed by atoms with van der Waals surface area (Å²) in [5.41, 5.74) is 1.92. The molecule has 31 heavy (non-hydrogen) atoms. The third-order valence-corrected chi connectivity index (χ3v) is 6.77. The van der Waals surface area contributed by atoms with Gasteiger partial charge in [0.25, 0.3) is 10.0 Å².